The van der Waals surface area contributed by atoms with Gasteiger partial charge in [-0.15, -0.1) is 0 Å². The summed E-state index contributed by atoms with van der Waals surface area (Å²) in [6.45, 7) is 0. The number of amides is 1. The molecule has 1 aromatic rings. The minimum atomic E-state index is -0.858. The van der Waals surface area contributed by atoms with E-state index in [-0.39, 0.29) is 17.9 Å². The van der Waals surface area contributed by atoms with Crippen molar-refractivity contribution in [3.8, 4) is 0 Å². The number of carboxylic acid groups (broad SMARTS) is 1. The number of carboxylic acids is 1. The van der Waals surface area contributed by atoms with Gasteiger partial charge in [0.2, 0.25) is 0 Å². The summed E-state index contributed by atoms with van der Waals surface area (Å²) in [6, 6.07) is 7.50. The van der Waals surface area contributed by atoms with E-state index in [0.717, 1.165) is 17.5 Å². The third-order valence-corrected chi connectivity index (χ3v) is 4.31. The quantitative estimate of drug-likeness (QED) is 0.849. The van der Waals surface area contributed by atoms with Gasteiger partial charge < -0.3 is 15.2 Å². The molecule has 3 rings (SSSR count). The molecular formula is C14H15NO4. The minimum Gasteiger partial charge on any atom is -0.481 e. The average molecular weight is 261 g/mol. The van der Waals surface area contributed by atoms with Crippen LogP contribution in [0.15, 0.2) is 24.3 Å². The van der Waals surface area contributed by atoms with Crippen LogP contribution in [-0.4, -0.2) is 30.3 Å². The van der Waals surface area contributed by atoms with Gasteiger partial charge in [0.05, 0.1) is 19.1 Å². The van der Waals surface area contributed by atoms with Gasteiger partial charge in [0.15, 0.2) is 0 Å². The summed E-state index contributed by atoms with van der Waals surface area (Å²) in [7, 11) is 1.28. The molecule has 5 nitrogen and oxygen atoms in total. The van der Waals surface area contributed by atoms with Crippen LogP contribution in [0.3, 0.4) is 0 Å². The van der Waals surface area contributed by atoms with Gasteiger partial charge in [-0.05, 0) is 17.5 Å². The van der Waals surface area contributed by atoms with Crippen molar-refractivity contribution >= 4 is 12.1 Å². The standard InChI is InChI=1S/C14H15NO4/c1-19-14(18)15-12-10-6-9(11(12)13(16)17)7-4-2-3-5-8(7)10/h2-5,9-12H,6H2,1H3,(H,15,18)(H,16,17)/t9-,10+,11+,12-/m1/s1. The summed E-state index contributed by atoms with van der Waals surface area (Å²) in [5.74, 6) is -1.37. The van der Waals surface area contributed by atoms with Crippen LogP contribution in [0, 0.1) is 5.92 Å². The molecule has 2 aliphatic carbocycles. The Morgan fingerprint density at radius 2 is 1.89 bits per heavy atom. The molecule has 1 fully saturated rings. The highest BCUT2D eigenvalue weighted by atomic mass is 16.5. The molecule has 2 aliphatic rings. The first-order valence-corrected chi connectivity index (χ1v) is 6.29. The zero-order chi connectivity index (χ0) is 13.6. The normalized spacial score (nSPS) is 30.8. The highest BCUT2D eigenvalue weighted by Crippen LogP contribution is 2.56. The first-order chi connectivity index (χ1) is 9.13. The molecule has 1 saturated carbocycles. The van der Waals surface area contributed by atoms with E-state index in [1.54, 1.807) is 0 Å². The molecular weight excluding hydrogens is 246 g/mol. The van der Waals surface area contributed by atoms with E-state index in [1.807, 2.05) is 24.3 Å². The Hall–Kier alpha value is -2.04. The first kappa shape index (κ1) is 12.0. The molecule has 1 amide bonds. The topological polar surface area (TPSA) is 75.6 Å². The Morgan fingerprint density at radius 3 is 2.47 bits per heavy atom. The first-order valence-electron chi connectivity index (χ1n) is 6.29. The lowest BCUT2D eigenvalue weighted by Crippen LogP contribution is -2.45. The number of methoxy groups -OCH3 is 1. The molecule has 2 N–H and O–H groups in total. The summed E-state index contributed by atoms with van der Waals surface area (Å²) in [6.07, 6.45) is 0.214. The summed E-state index contributed by atoms with van der Waals surface area (Å²) in [5.41, 5.74) is 2.27. The summed E-state index contributed by atoms with van der Waals surface area (Å²) < 4.78 is 4.59. The number of alkyl carbamates (subject to hydrolysis) is 1. The van der Waals surface area contributed by atoms with Gasteiger partial charge in [0.25, 0.3) is 0 Å². The van der Waals surface area contributed by atoms with E-state index in [1.165, 1.54) is 7.11 Å². The monoisotopic (exact) mass is 261 g/mol. The van der Waals surface area contributed by atoms with Crippen LogP contribution in [0.4, 0.5) is 4.79 Å². The van der Waals surface area contributed by atoms with Gasteiger partial charge in [-0.2, -0.15) is 0 Å². The number of carbonyl (C=O) groups is 2. The lowest BCUT2D eigenvalue weighted by atomic mass is 9.80. The SMILES string of the molecule is COC(=O)N[C@H]1[C@@H](C(=O)O)[C@@H]2C[C@H]1c1ccccc12. The molecule has 0 saturated heterocycles. The van der Waals surface area contributed by atoms with E-state index >= 15 is 0 Å². The molecule has 0 spiro atoms. The summed E-state index contributed by atoms with van der Waals surface area (Å²) in [4.78, 5) is 22.9. The zero-order valence-electron chi connectivity index (χ0n) is 10.5. The molecule has 0 heterocycles. The smallest absolute Gasteiger partial charge is 0.407 e. The van der Waals surface area contributed by atoms with E-state index in [0.29, 0.717) is 0 Å². The number of hydrogen-bond donors (Lipinski definition) is 2. The fraction of sp³-hybridized carbons (Fsp3) is 0.429. The lowest BCUT2D eigenvalue weighted by Gasteiger charge is -2.30. The number of fused-ring (bicyclic) bond motifs is 5. The summed E-state index contributed by atoms with van der Waals surface area (Å²) in [5, 5.41) is 12.1. The Kier molecular flexibility index (Phi) is 2.69. The Bertz CT molecular complexity index is 542. The van der Waals surface area contributed by atoms with Crippen molar-refractivity contribution in [1.29, 1.82) is 0 Å². The predicted molar refractivity (Wildman–Crippen MR) is 67.0 cm³/mol. The van der Waals surface area contributed by atoms with Crippen LogP contribution in [0.1, 0.15) is 29.4 Å². The van der Waals surface area contributed by atoms with Crippen LogP contribution in [0.25, 0.3) is 0 Å². The summed E-state index contributed by atoms with van der Waals surface area (Å²) >= 11 is 0. The Morgan fingerprint density at radius 1 is 1.26 bits per heavy atom. The van der Waals surface area contributed by atoms with Crippen LogP contribution in [0.2, 0.25) is 0 Å². The number of nitrogens with one attached hydrogen (secondary N) is 1. The number of ether oxygens (including phenoxy) is 1. The highest BCUT2D eigenvalue weighted by Gasteiger charge is 2.54. The molecule has 0 unspecified atom stereocenters. The van der Waals surface area contributed by atoms with Crippen LogP contribution >= 0.6 is 0 Å². The van der Waals surface area contributed by atoms with Crippen molar-refractivity contribution in [2.24, 2.45) is 5.92 Å². The van der Waals surface area contributed by atoms with E-state index in [4.69, 9.17) is 0 Å². The Labute approximate surface area is 110 Å². The maximum absolute atomic E-state index is 11.5. The van der Waals surface area contributed by atoms with E-state index in [2.05, 4.69) is 10.1 Å². The van der Waals surface area contributed by atoms with Gasteiger partial charge in [-0.25, -0.2) is 4.79 Å². The van der Waals surface area contributed by atoms with Crippen LogP contribution < -0.4 is 5.32 Å². The maximum Gasteiger partial charge on any atom is 0.407 e. The van der Waals surface area contributed by atoms with Crippen molar-refractivity contribution in [2.75, 3.05) is 7.11 Å². The highest BCUT2D eigenvalue weighted by molar-refractivity contribution is 5.77. The fourth-order valence-corrected chi connectivity index (χ4v) is 3.61. The van der Waals surface area contributed by atoms with Crippen molar-refractivity contribution < 1.29 is 19.4 Å². The van der Waals surface area contributed by atoms with Gasteiger partial charge in [0.1, 0.15) is 0 Å². The third kappa shape index (κ3) is 1.69. The van der Waals surface area contributed by atoms with E-state index in [9.17, 15) is 14.7 Å². The molecule has 5 heteroatoms. The maximum atomic E-state index is 11.5. The average Bonchev–Trinajstić information content (AvgIpc) is 2.95. The molecule has 0 radical (unpaired) electrons. The number of benzene rings is 1. The molecule has 100 valence electrons. The second-order valence-corrected chi connectivity index (χ2v) is 5.10. The second kappa shape index (κ2) is 4.26. The van der Waals surface area contributed by atoms with Gasteiger partial charge in [-0.1, -0.05) is 24.3 Å². The predicted octanol–water partition coefficient (Wildman–Crippen LogP) is 1.70. The number of hydrogen-bond acceptors (Lipinski definition) is 3. The zero-order valence-corrected chi connectivity index (χ0v) is 10.5. The number of rotatable bonds is 2. The van der Waals surface area contributed by atoms with Crippen molar-refractivity contribution in [2.45, 2.75) is 24.3 Å². The largest absolute Gasteiger partial charge is 0.481 e. The second-order valence-electron chi connectivity index (χ2n) is 5.10. The van der Waals surface area contributed by atoms with Crippen molar-refractivity contribution in [1.82, 2.24) is 5.32 Å². The van der Waals surface area contributed by atoms with Crippen molar-refractivity contribution in [3.05, 3.63) is 35.4 Å². The van der Waals surface area contributed by atoms with Crippen LogP contribution in [0.5, 0.6) is 0 Å². The van der Waals surface area contributed by atoms with Crippen molar-refractivity contribution in [3.63, 3.8) is 0 Å². The van der Waals surface area contributed by atoms with Gasteiger partial charge in [0, 0.05) is 11.8 Å². The minimum absolute atomic E-state index is 0.0131. The number of carbonyl (C=O) groups excluding carboxylic acids is 1. The van der Waals surface area contributed by atoms with E-state index < -0.39 is 18.0 Å². The fourth-order valence-electron chi connectivity index (χ4n) is 3.61. The lowest BCUT2D eigenvalue weighted by molar-refractivity contribution is -0.142. The molecule has 19 heavy (non-hydrogen) atoms. The number of aliphatic carboxylic acids is 1. The Balaban J connectivity index is 1.97. The van der Waals surface area contributed by atoms with Gasteiger partial charge >= 0.3 is 12.1 Å². The molecule has 2 bridgehead atoms. The molecule has 0 aliphatic heterocycles. The molecule has 1 aromatic carbocycles. The molecule has 0 aromatic heterocycles. The van der Waals surface area contributed by atoms with Crippen LogP contribution in [-0.2, 0) is 9.53 Å². The van der Waals surface area contributed by atoms with Gasteiger partial charge in [-0.3, -0.25) is 4.79 Å². The third-order valence-electron chi connectivity index (χ3n) is 4.31. The molecule has 4 atom stereocenters.